The molecule has 20 heavy (non-hydrogen) atoms. The van der Waals surface area contributed by atoms with Crippen molar-refractivity contribution in [2.24, 2.45) is 0 Å². The molecule has 0 bridgehead atoms. The summed E-state index contributed by atoms with van der Waals surface area (Å²) in [6.45, 7) is 1.91. The number of hydrogen-bond acceptors (Lipinski definition) is 2. The van der Waals surface area contributed by atoms with Crippen LogP contribution >= 0.6 is 15.9 Å². The lowest BCUT2D eigenvalue weighted by Gasteiger charge is -2.09. The molecule has 5 heteroatoms. The SMILES string of the molecule is Cc1cc(OCc2cc(F)cc(Br)c2)ccc1C(=O)O. The fourth-order valence-electron chi connectivity index (χ4n) is 1.83. The van der Waals surface area contributed by atoms with Gasteiger partial charge in [-0.15, -0.1) is 0 Å². The molecule has 0 spiro atoms. The van der Waals surface area contributed by atoms with E-state index in [1.165, 1.54) is 18.2 Å². The van der Waals surface area contributed by atoms with Crippen molar-refractivity contribution >= 4 is 21.9 Å². The van der Waals surface area contributed by atoms with E-state index in [9.17, 15) is 9.18 Å². The predicted molar refractivity (Wildman–Crippen MR) is 76.6 cm³/mol. The zero-order valence-electron chi connectivity index (χ0n) is 10.7. The average Bonchev–Trinajstić information content (AvgIpc) is 2.35. The maximum Gasteiger partial charge on any atom is 0.335 e. The zero-order valence-corrected chi connectivity index (χ0v) is 12.3. The van der Waals surface area contributed by atoms with Crippen LogP contribution in [0.2, 0.25) is 0 Å². The van der Waals surface area contributed by atoms with Crippen LogP contribution in [0.4, 0.5) is 4.39 Å². The number of ether oxygens (including phenoxy) is 1. The minimum atomic E-state index is -0.969. The Bertz CT molecular complexity index is 635. The highest BCUT2D eigenvalue weighted by molar-refractivity contribution is 9.10. The van der Waals surface area contributed by atoms with Gasteiger partial charge in [0.25, 0.3) is 0 Å². The molecule has 0 aliphatic heterocycles. The molecule has 0 aliphatic rings. The second-order valence-corrected chi connectivity index (χ2v) is 5.26. The van der Waals surface area contributed by atoms with Crippen LogP contribution in [-0.2, 0) is 6.61 Å². The maximum absolute atomic E-state index is 13.2. The second kappa shape index (κ2) is 6.05. The number of hydrogen-bond donors (Lipinski definition) is 1. The third-order valence-corrected chi connectivity index (χ3v) is 3.21. The first-order valence-corrected chi connectivity index (χ1v) is 6.67. The Morgan fingerprint density at radius 1 is 1.30 bits per heavy atom. The van der Waals surface area contributed by atoms with Gasteiger partial charge in [0.05, 0.1) is 5.56 Å². The Morgan fingerprint density at radius 3 is 2.65 bits per heavy atom. The van der Waals surface area contributed by atoms with E-state index < -0.39 is 5.97 Å². The molecule has 0 unspecified atom stereocenters. The Morgan fingerprint density at radius 2 is 2.05 bits per heavy atom. The van der Waals surface area contributed by atoms with Gasteiger partial charge in [0.2, 0.25) is 0 Å². The van der Waals surface area contributed by atoms with Gasteiger partial charge in [0.1, 0.15) is 18.2 Å². The minimum Gasteiger partial charge on any atom is -0.489 e. The lowest BCUT2D eigenvalue weighted by molar-refractivity contribution is 0.0696. The minimum absolute atomic E-state index is 0.211. The quantitative estimate of drug-likeness (QED) is 0.909. The van der Waals surface area contributed by atoms with E-state index in [1.54, 1.807) is 25.1 Å². The Hall–Kier alpha value is -1.88. The first kappa shape index (κ1) is 14.5. The second-order valence-electron chi connectivity index (χ2n) is 4.35. The number of carbonyl (C=O) groups is 1. The highest BCUT2D eigenvalue weighted by Crippen LogP contribution is 2.20. The summed E-state index contributed by atoms with van der Waals surface area (Å²) in [5, 5.41) is 8.94. The number of carboxylic acids is 1. The summed E-state index contributed by atoms with van der Waals surface area (Å²) >= 11 is 3.22. The van der Waals surface area contributed by atoms with Crippen molar-refractivity contribution in [3.8, 4) is 5.75 Å². The molecular formula is C15H12BrFO3. The van der Waals surface area contributed by atoms with Gasteiger partial charge < -0.3 is 9.84 Å². The van der Waals surface area contributed by atoms with Gasteiger partial charge in [-0.25, -0.2) is 9.18 Å². The monoisotopic (exact) mass is 338 g/mol. The van der Waals surface area contributed by atoms with Crippen LogP contribution in [0.3, 0.4) is 0 Å². The molecule has 104 valence electrons. The number of carboxylic acid groups (broad SMARTS) is 1. The average molecular weight is 339 g/mol. The lowest BCUT2D eigenvalue weighted by atomic mass is 10.1. The molecule has 0 saturated carbocycles. The molecule has 0 radical (unpaired) electrons. The van der Waals surface area contributed by atoms with Crippen molar-refractivity contribution in [3.05, 3.63) is 63.4 Å². The number of rotatable bonds is 4. The first-order chi connectivity index (χ1) is 9.45. The molecule has 0 heterocycles. The Labute approximate surface area is 124 Å². The van der Waals surface area contributed by atoms with Crippen molar-refractivity contribution in [1.82, 2.24) is 0 Å². The van der Waals surface area contributed by atoms with E-state index >= 15 is 0 Å². The molecule has 3 nitrogen and oxygen atoms in total. The summed E-state index contributed by atoms with van der Waals surface area (Å²) in [7, 11) is 0. The molecule has 1 N–H and O–H groups in total. The molecule has 0 fully saturated rings. The number of benzene rings is 2. The molecule has 0 saturated heterocycles. The maximum atomic E-state index is 13.2. The normalized spacial score (nSPS) is 10.3. The van der Waals surface area contributed by atoms with Gasteiger partial charge in [0.15, 0.2) is 0 Å². The molecular weight excluding hydrogens is 327 g/mol. The van der Waals surface area contributed by atoms with Crippen LogP contribution < -0.4 is 4.74 Å². The van der Waals surface area contributed by atoms with Gasteiger partial charge in [0, 0.05) is 4.47 Å². The smallest absolute Gasteiger partial charge is 0.335 e. The fourth-order valence-corrected chi connectivity index (χ4v) is 2.34. The molecule has 0 atom stereocenters. The van der Waals surface area contributed by atoms with Crippen LogP contribution in [0.15, 0.2) is 40.9 Å². The third kappa shape index (κ3) is 3.57. The summed E-state index contributed by atoms with van der Waals surface area (Å²) < 4.78 is 19.4. The fraction of sp³-hybridized carbons (Fsp3) is 0.133. The number of halogens is 2. The highest BCUT2D eigenvalue weighted by Gasteiger charge is 2.08. The highest BCUT2D eigenvalue weighted by atomic mass is 79.9. The van der Waals surface area contributed by atoms with Crippen molar-refractivity contribution in [1.29, 1.82) is 0 Å². The Balaban J connectivity index is 2.11. The largest absolute Gasteiger partial charge is 0.489 e. The Kier molecular flexibility index (Phi) is 4.39. The standard InChI is InChI=1S/C15H12BrFO3/c1-9-4-13(2-3-14(9)15(18)19)20-8-10-5-11(16)7-12(17)6-10/h2-7H,8H2,1H3,(H,18,19). The van der Waals surface area contributed by atoms with Gasteiger partial charge >= 0.3 is 5.97 Å². The third-order valence-electron chi connectivity index (χ3n) is 2.76. The van der Waals surface area contributed by atoms with Gasteiger partial charge in [-0.2, -0.15) is 0 Å². The van der Waals surface area contributed by atoms with E-state index in [1.807, 2.05) is 0 Å². The van der Waals surface area contributed by atoms with Crippen LogP contribution in [0.5, 0.6) is 5.75 Å². The van der Waals surface area contributed by atoms with Crippen molar-refractivity contribution in [2.75, 3.05) is 0 Å². The summed E-state index contributed by atoms with van der Waals surface area (Å²) in [6, 6.07) is 9.26. The predicted octanol–water partition coefficient (Wildman–Crippen LogP) is 4.17. The van der Waals surface area contributed by atoms with E-state index in [0.29, 0.717) is 21.3 Å². The topological polar surface area (TPSA) is 46.5 Å². The van der Waals surface area contributed by atoms with Crippen LogP contribution in [0.25, 0.3) is 0 Å². The first-order valence-electron chi connectivity index (χ1n) is 5.87. The number of aryl methyl sites for hydroxylation is 1. The molecule has 2 aromatic rings. The molecule has 0 aromatic heterocycles. The van der Waals surface area contributed by atoms with Crippen molar-refractivity contribution in [3.63, 3.8) is 0 Å². The van der Waals surface area contributed by atoms with Crippen LogP contribution in [-0.4, -0.2) is 11.1 Å². The van der Waals surface area contributed by atoms with Gasteiger partial charge in [-0.05, 0) is 54.4 Å². The van der Waals surface area contributed by atoms with E-state index in [0.717, 1.165) is 0 Å². The summed E-state index contributed by atoms with van der Waals surface area (Å²) in [5.41, 5.74) is 1.55. The van der Waals surface area contributed by atoms with E-state index in [2.05, 4.69) is 15.9 Å². The number of aromatic carboxylic acids is 1. The van der Waals surface area contributed by atoms with Gasteiger partial charge in [-0.1, -0.05) is 15.9 Å². The molecule has 0 amide bonds. The van der Waals surface area contributed by atoms with Crippen molar-refractivity contribution < 1.29 is 19.0 Å². The molecule has 0 aliphatic carbocycles. The van der Waals surface area contributed by atoms with Crippen LogP contribution in [0, 0.1) is 12.7 Å². The molecule has 2 rings (SSSR count). The summed E-state index contributed by atoms with van der Waals surface area (Å²) in [6.07, 6.45) is 0. The zero-order chi connectivity index (χ0) is 14.7. The summed E-state index contributed by atoms with van der Waals surface area (Å²) in [5.74, 6) is -0.758. The lowest BCUT2D eigenvalue weighted by Crippen LogP contribution is -2.01. The van der Waals surface area contributed by atoms with Crippen LogP contribution in [0.1, 0.15) is 21.5 Å². The van der Waals surface area contributed by atoms with E-state index in [4.69, 9.17) is 9.84 Å². The van der Waals surface area contributed by atoms with Crippen molar-refractivity contribution in [2.45, 2.75) is 13.5 Å². The van der Waals surface area contributed by atoms with Gasteiger partial charge in [-0.3, -0.25) is 0 Å². The van der Waals surface area contributed by atoms with E-state index in [-0.39, 0.29) is 18.0 Å². The molecule has 2 aromatic carbocycles. The summed E-state index contributed by atoms with van der Waals surface area (Å²) in [4.78, 5) is 10.9.